The number of benzene rings is 2. The Morgan fingerprint density at radius 1 is 1.05 bits per heavy atom. The highest BCUT2D eigenvalue weighted by Crippen LogP contribution is 2.63. The predicted octanol–water partition coefficient (Wildman–Crippen LogP) is 5.15. The van der Waals surface area contributed by atoms with Gasteiger partial charge < -0.3 is 15.7 Å². The zero-order valence-electron chi connectivity index (χ0n) is 21.7. The SMILES string of the molecule is O=C(NC1CC2(C(=O)O)CC1C2)[C@@H]1NC2(CCCCC2)[C@@]2(C(=O)Nc3cc(Cl)ccc32)[C@H]1c1cccc(Cl)c1F. The summed E-state index contributed by atoms with van der Waals surface area (Å²) in [5, 5.41) is 19.9. The summed E-state index contributed by atoms with van der Waals surface area (Å²) in [6.45, 7) is 0. The summed E-state index contributed by atoms with van der Waals surface area (Å²) in [5.74, 6) is -2.92. The predicted molar refractivity (Wildman–Crippen MR) is 148 cm³/mol. The minimum absolute atomic E-state index is 0.0776. The monoisotopic (exact) mass is 585 g/mol. The molecule has 4 atom stereocenters. The van der Waals surface area contributed by atoms with Gasteiger partial charge in [-0.05, 0) is 67.3 Å². The van der Waals surface area contributed by atoms with Gasteiger partial charge in [-0.3, -0.25) is 19.7 Å². The van der Waals surface area contributed by atoms with Gasteiger partial charge in [-0.2, -0.15) is 0 Å². The van der Waals surface area contributed by atoms with Gasteiger partial charge >= 0.3 is 5.97 Å². The summed E-state index contributed by atoms with van der Waals surface area (Å²) in [6.07, 6.45) is 5.46. The van der Waals surface area contributed by atoms with Gasteiger partial charge in [0, 0.05) is 28.2 Å². The molecule has 2 aliphatic heterocycles. The number of carboxylic acids is 1. The molecule has 10 heteroatoms. The van der Waals surface area contributed by atoms with Crippen molar-refractivity contribution in [2.75, 3.05) is 5.32 Å². The van der Waals surface area contributed by atoms with Gasteiger partial charge in [0.1, 0.15) is 11.2 Å². The van der Waals surface area contributed by atoms with Crippen molar-refractivity contribution in [1.82, 2.24) is 10.6 Å². The molecule has 1 saturated heterocycles. The van der Waals surface area contributed by atoms with Crippen LogP contribution in [0.2, 0.25) is 10.0 Å². The van der Waals surface area contributed by atoms with Crippen molar-refractivity contribution in [2.45, 2.75) is 80.3 Å². The standard InChI is InChI=1S/C30H30Cl2FN3O4/c31-16-7-8-18-20(11-16)35-26(38)30(18)22(17-5-4-6-19(32)23(17)33)24(36-29(30)9-2-1-3-10-29)25(37)34-21-14-28(27(39)40)12-15(21)13-28/h4-8,11,15,21-22,24,36H,1-3,9-10,12-14H2,(H,34,37)(H,35,38)(H,39,40)/t15?,21?,22-,24+,28?,30+/m0/s1. The molecule has 5 fully saturated rings. The molecule has 4 N–H and O–H groups in total. The highest BCUT2D eigenvalue weighted by Gasteiger charge is 2.72. The summed E-state index contributed by atoms with van der Waals surface area (Å²) < 4.78 is 16.0. The maximum atomic E-state index is 16.0. The zero-order valence-corrected chi connectivity index (χ0v) is 23.2. The molecule has 2 amide bonds. The molecule has 2 heterocycles. The molecule has 6 aliphatic rings. The van der Waals surface area contributed by atoms with Crippen molar-refractivity contribution in [3.63, 3.8) is 0 Å². The van der Waals surface area contributed by atoms with E-state index in [0.29, 0.717) is 48.4 Å². The summed E-state index contributed by atoms with van der Waals surface area (Å²) >= 11 is 12.6. The molecule has 8 rings (SSSR count). The Morgan fingerprint density at radius 3 is 2.50 bits per heavy atom. The lowest BCUT2D eigenvalue weighted by molar-refractivity contribution is -0.153. The number of hydrogen-bond donors (Lipinski definition) is 4. The van der Waals surface area contributed by atoms with E-state index in [1.54, 1.807) is 24.3 Å². The Balaban J connectivity index is 1.38. The largest absolute Gasteiger partial charge is 0.481 e. The minimum Gasteiger partial charge on any atom is -0.481 e. The van der Waals surface area contributed by atoms with Crippen LogP contribution in [0.25, 0.3) is 0 Å². The number of amides is 2. The van der Waals surface area contributed by atoms with Crippen LogP contribution in [0.3, 0.4) is 0 Å². The van der Waals surface area contributed by atoms with E-state index in [2.05, 4.69) is 16.0 Å². The second-order valence-corrected chi connectivity index (χ2v) is 13.3. The van der Waals surface area contributed by atoms with Gasteiger partial charge in [0.2, 0.25) is 11.8 Å². The van der Waals surface area contributed by atoms with Gasteiger partial charge in [0.25, 0.3) is 0 Å². The molecule has 2 aromatic carbocycles. The number of fused-ring (bicyclic) bond motifs is 4. The lowest BCUT2D eigenvalue weighted by Crippen LogP contribution is -2.60. The van der Waals surface area contributed by atoms with Gasteiger partial charge in [-0.15, -0.1) is 0 Å². The fraction of sp³-hybridized carbons (Fsp3) is 0.500. The average molecular weight is 586 g/mol. The van der Waals surface area contributed by atoms with Crippen molar-refractivity contribution < 1.29 is 23.9 Å². The molecule has 0 aromatic heterocycles. The van der Waals surface area contributed by atoms with Gasteiger partial charge in [0.05, 0.1) is 16.5 Å². The summed E-state index contributed by atoms with van der Waals surface area (Å²) in [5.41, 5.74) is -1.41. The van der Waals surface area contributed by atoms with E-state index in [1.807, 2.05) is 6.07 Å². The first-order valence-corrected chi connectivity index (χ1v) is 14.7. The van der Waals surface area contributed by atoms with Crippen molar-refractivity contribution in [3.8, 4) is 0 Å². The molecule has 1 unspecified atom stereocenters. The summed E-state index contributed by atoms with van der Waals surface area (Å²) in [7, 11) is 0. The van der Waals surface area contributed by atoms with Gasteiger partial charge in [0.15, 0.2) is 0 Å². The number of carbonyl (C=O) groups is 3. The number of halogens is 3. The molecule has 2 aromatic rings. The highest BCUT2D eigenvalue weighted by atomic mass is 35.5. The molecule has 2 bridgehead atoms. The number of rotatable bonds is 4. The fourth-order valence-corrected chi connectivity index (χ4v) is 9.26. The third kappa shape index (κ3) is 3.36. The molecule has 0 radical (unpaired) electrons. The maximum Gasteiger partial charge on any atom is 0.309 e. The van der Waals surface area contributed by atoms with Crippen LogP contribution in [0.4, 0.5) is 10.1 Å². The number of hydrogen-bond acceptors (Lipinski definition) is 4. The Hall–Kier alpha value is -2.68. The molecular weight excluding hydrogens is 556 g/mol. The van der Waals surface area contributed by atoms with Crippen molar-refractivity contribution in [3.05, 3.63) is 63.4 Å². The van der Waals surface area contributed by atoms with E-state index in [4.69, 9.17) is 23.2 Å². The molecular formula is C30H30Cl2FN3O4. The molecule has 210 valence electrons. The van der Waals surface area contributed by atoms with Crippen LogP contribution < -0.4 is 16.0 Å². The maximum absolute atomic E-state index is 16.0. The van der Waals surface area contributed by atoms with Gasteiger partial charge in [-0.25, -0.2) is 4.39 Å². The number of carboxylic acid groups (broad SMARTS) is 1. The third-order valence-electron chi connectivity index (χ3n) is 10.6. The summed E-state index contributed by atoms with van der Waals surface area (Å²) in [6, 6.07) is 8.75. The highest BCUT2D eigenvalue weighted by molar-refractivity contribution is 6.31. The van der Waals surface area contributed by atoms with E-state index < -0.39 is 40.1 Å². The van der Waals surface area contributed by atoms with Crippen LogP contribution in [-0.2, 0) is 19.8 Å². The lowest BCUT2D eigenvalue weighted by Gasteiger charge is -2.47. The molecule has 7 nitrogen and oxygen atoms in total. The second kappa shape index (κ2) is 8.91. The van der Waals surface area contributed by atoms with Crippen LogP contribution in [0.1, 0.15) is 68.4 Å². The van der Waals surface area contributed by atoms with Crippen LogP contribution >= 0.6 is 23.2 Å². The number of nitrogens with one attached hydrogen (secondary N) is 3. The van der Waals surface area contributed by atoms with Crippen LogP contribution in [0.5, 0.6) is 0 Å². The lowest BCUT2D eigenvalue weighted by atomic mass is 9.55. The Bertz CT molecular complexity index is 1450. The molecule has 4 aliphatic carbocycles. The minimum atomic E-state index is -1.29. The van der Waals surface area contributed by atoms with Gasteiger partial charge in [-0.1, -0.05) is 60.7 Å². The van der Waals surface area contributed by atoms with E-state index >= 15 is 4.39 Å². The van der Waals surface area contributed by atoms with E-state index in [-0.39, 0.29) is 34.4 Å². The molecule has 2 spiro atoms. The number of carbonyl (C=O) groups excluding carboxylic acids is 2. The van der Waals surface area contributed by atoms with Crippen LogP contribution in [-0.4, -0.2) is 40.5 Å². The average Bonchev–Trinajstić information content (AvgIpc) is 3.60. The number of aliphatic carboxylic acids is 1. The first-order valence-electron chi connectivity index (χ1n) is 14.0. The summed E-state index contributed by atoms with van der Waals surface area (Å²) in [4.78, 5) is 40.5. The Kier molecular flexibility index (Phi) is 5.84. The van der Waals surface area contributed by atoms with Crippen LogP contribution in [0, 0.1) is 17.2 Å². The van der Waals surface area contributed by atoms with Crippen molar-refractivity contribution in [1.29, 1.82) is 0 Å². The first kappa shape index (κ1) is 26.2. The Labute approximate surface area is 241 Å². The van der Waals surface area contributed by atoms with Crippen molar-refractivity contribution >= 4 is 46.7 Å². The van der Waals surface area contributed by atoms with Crippen molar-refractivity contribution in [2.24, 2.45) is 11.3 Å². The second-order valence-electron chi connectivity index (χ2n) is 12.4. The first-order chi connectivity index (χ1) is 19.1. The zero-order chi connectivity index (χ0) is 28.0. The normalized spacial score (nSPS) is 34.9. The third-order valence-corrected chi connectivity index (χ3v) is 11.1. The van der Waals surface area contributed by atoms with E-state index in [1.165, 1.54) is 6.07 Å². The fourth-order valence-electron chi connectivity index (χ4n) is 8.90. The quantitative estimate of drug-likeness (QED) is 0.397. The number of anilines is 1. The van der Waals surface area contributed by atoms with E-state index in [0.717, 1.165) is 19.3 Å². The topological polar surface area (TPSA) is 108 Å². The molecule has 40 heavy (non-hydrogen) atoms. The Morgan fingerprint density at radius 2 is 1.80 bits per heavy atom. The van der Waals surface area contributed by atoms with Crippen LogP contribution in [0.15, 0.2) is 36.4 Å². The van der Waals surface area contributed by atoms with E-state index in [9.17, 15) is 19.5 Å². The smallest absolute Gasteiger partial charge is 0.309 e. The molecule has 4 saturated carbocycles.